The van der Waals surface area contributed by atoms with Crippen LogP contribution >= 0.6 is 11.3 Å². The molecule has 82 valence electrons. The maximum absolute atomic E-state index is 11.6. The van der Waals surface area contributed by atoms with Gasteiger partial charge in [0.2, 0.25) is 0 Å². The van der Waals surface area contributed by atoms with Gasteiger partial charge in [-0.3, -0.25) is 4.79 Å². The minimum absolute atomic E-state index is 0.152. The van der Waals surface area contributed by atoms with Gasteiger partial charge in [0.15, 0.2) is 5.78 Å². The van der Waals surface area contributed by atoms with Crippen molar-refractivity contribution in [3.8, 4) is 0 Å². The van der Waals surface area contributed by atoms with Crippen molar-refractivity contribution in [2.24, 2.45) is 0 Å². The average molecular weight is 232 g/mol. The van der Waals surface area contributed by atoms with Gasteiger partial charge < -0.3 is 5.32 Å². The number of Topliss-reactive ketones (excluding diaryl/α,β-unsaturated/α-hetero) is 1. The van der Waals surface area contributed by atoms with Crippen molar-refractivity contribution in [3.63, 3.8) is 0 Å². The van der Waals surface area contributed by atoms with E-state index in [0.29, 0.717) is 13.0 Å². The molecule has 4 heteroatoms. The largest absolute Gasteiger partial charge is 0.378 e. The van der Waals surface area contributed by atoms with E-state index < -0.39 is 0 Å². The van der Waals surface area contributed by atoms with Gasteiger partial charge in [0.05, 0.1) is 18.0 Å². The van der Waals surface area contributed by atoms with Gasteiger partial charge in [0.25, 0.3) is 0 Å². The van der Waals surface area contributed by atoms with Gasteiger partial charge in [-0.25, -0.2) is 4.98 Å². The quantitative estimate of drug-likeness (QED) is 0.860. The van der Waals surface area contributed by atoms with Crippen LogP contribution in [0.25, 0.3) is 0 Å². The number of hydrogen-bond acceptors (Lipinski definition) is 4. The Kier molecular flexibility index (Phi) is 3.66. The van der Waals surface area contributed by atoms with Gasteiger partial charge in [0, 0.05) is 17.3 Å². The van der Waals surface area contributed by atoms with E-state index in [4.69, 9.17) is 0 Å². The second-order valence-corrected chi connectivity index (χ2v) is 4.34. The van der Waals surface area contributed by atoms with Crippen LogP contribution in [0.4, 0.5) is 5.69 Å². The van der Waals surface area contributed by atoms with Crippen molar-refractivity contribution in [2.45, 2.75) is 6.42 Å². The van der Waals surface area contributed by atoms with Crippen LogP contribution in [0.5, 0.6) is 0 Å². The number of carbonyl (C=O) groups excluding carboxylic acids is 1. The van der Waals surface area contributed by atoms with Crippen LogP contribution in [-0.4, -0.2) is 17.3 Å². The Morgan fingerprint density at radius 1 is 1.31 bits per heavy atom. The number of nitrogens with one attached hydrogen (secondary N) is 1. The first kappa shape index (κ1) is 10.8. The molecule has 0 aliphatic carbocycles. The molecular weight excluding hydrogens is 220 g/mol. The number of nitrogens with zero attached hydrogens (tertiary/aromatic N) is 1. The monoisotopic (exact) mass is 232 g/mol. The number of aromatic nitrogens is 1. The van der Waals surface area contributed by atoms with E-state index in [2.05, 4.69) is 10.3 Å². The third kappa shape index (κ3) is 3.17. The number of rotatable bonds is 5. The van der Waals surface area contributed by atoms with Crippen molar-refractivity contribution in [1.29, 1.82) is 0 Å². The number of anilines is 1. The summed E-state index contributed by atoms with van der Waals surface area (Å²) in [5.74, 6) is 0.152. The summed E-state index contributed by atoms with van der Waals surface area (Å²) < 4.78 is 0. The van der Waals surface area contributed by atoms with E-state index in [1.54, 1.807) is 6.20 Å². The topological polar surface area (TPSA) is 42.0 Å². The van der Waals surface area contributed by atoms with E-state index >= 15 is 0 Å². The summed E-state index contributed by atoms with van der Waals surface area (Å²) in [6.45, 7) is 0.351. The van der Waals surface area contributed by atoms with E-state index in [0.717, 1.165) is 10.7 Å². The highest BCUT2D eigenvalue weighted by Gasteiger charge is 2.05. The lowest BCUT2D eigenvalue weighted by Crippen LogP contribution is -2.15. The van der Waals surface area contributed by atoms with Gasteiger partial charge in [0.1, 0.15) is 0 Å². The highest BCUT2D eigenvalue weighted by Crippen LogP contribution is 2.07. The average Bonchev–Trinajstić information content (AvgIpc) is 2.81. The Morgan fingerprint density at radius 3 is 2.81 bits per heavy atom. The lowest BCUT2D eigenvalue weighted by molar-refractivity contribution is -0.116. The predicted molar refractivity (Wildman–Crippen MR) is 65.8 cm³/mol. The summed E-state index contributed by atoms with van der Waals surface area (Å²) >= 11 is 1.51. The lowest BCUT2D eigenvalue weighted by Gasteiger charge is -2.03. The molecule has 0 fully saturated rings. The molecule has 2 aromatic rings. The van der Waals surface area contributed by atoms with Crippen molar-refractivity contribution in [3.05, 3.63) is 46.9 Å². The second kappa shape index (κ2) is 5.42. The fraction of sp³-hybridized carbons (Fsp3) is 0.167. The molecule has 3 nitrogen and oxygen atoms in total. The zero-order chi connectivity index (χ0) is 11.2. The molecule has 0 bridgehead atoms. The van der Waals surface area contributed by atoms with E-state index in [9.17, 15) is 4.79 Å². The molecule has 0 spiro atoms. The Labute approximate surface area is 98.2 Å². The van der Waals surface area contributed by atoms with E-state index in [1.807, 2.05) is 35.7 Å². The molecule has 1 N–H and O–H groups in total. The number of benzene rings is 1. The molecule has 1 aromatic heterocycles. The third-order valence-electron chi connectivity index (χ3n) is 2.10. The van der Waals surface area contributed by atoms with Crippen molar-refractivity contribution >= 4 is 22.8 Å². The molecule has 2 rings (SSSR count). The lowest BCUT2D eigenvalue weighted by atomic mass is 10.2. The maximum Gasteiger partial charge on any atom is 0.158 e. The first-order chi connectivity index (χ1) is 7.84. The fourth-order valence-electron chi connectivity index (χ4n) is 1.33. The molecule has 0 radical (unpaired) electrons. The predicted octanol–water partition coefficient (Wildman–Crippen LogP) is 2.37. The molecule has 0 aliphatic rings. The standard InChI is InChI=1S/C12H12N2OS/c15-11(8-12-13-6-7-16-12)9-14-10-4-2-1-3-5-10/h1-7,14H,8-9H2. The molecule has 0 amide bonds. The summed E-state index contributed by atoms with van der Waals surface area (Å²) in [6, 6.07) is 9.71. The number of ketones is 1. The second-order valence-electron chi connectivity index (χ2n) is 3.36. The first-order valence-electron chi connectivity index (χ1n) is 5.03. The van der Waals surface area contributed by atoms with Gasteiger partial charge in [-0.05, 0) is 12.1 Å². The van der Waals surface area contributed by atoms with Crippen LogP contribution in [0.3, 0.4) is 0 Å². The summed E-state index contributed by atoms with van der Waals surface area (Å²) in [5, 5.41) is 5.84. The number of carbonyl (C=O) groups is 1. The van der Waals surface area contributed by atoms with Crippen molar-refractivity contribution in [1.82, 2.24) is 4.98 Å². The number of para-hydroxylation sites is 1. The van der Waals surface area contributed by atoms with Crippen LogP contribution in [0, 0.1) is 0 Å². The van der Waals surface area contributed by atoms with Crippen LogP contribution < -0.4 is 5.32 Å². The van der Waals surface area contributed by atoms with E-state index in [1.165, 1.54) is 11.3 Å². The molecule has 1 aromatic carbocycles. The minimum atomic E-state index is 0.152. The van der Waals surface area contributed by atoms with Crippen LogP contribution in [0.2, 0.25) is 0 Å². The summed E-state index contributed by atoms with van der Waals surface area (Å²) in [5.41, 5.74) is 0.968. The molecule has 0 saturated carbocycles. The number of thiazole rings is 1. The highest BCUT2D eigenvalue weighted by molar-refractivity contribution is 7.09. The van der Waals surface area contributed by atoms with Crippen LogP contribution in [0.1, 0.15) is 5.01 Å². The summed E-state index contributed by atoms with van der Waals surface area (Å²) in [4.78, 5) is 15.7. The molecular formula is C12H12N2OS. The maximum atomic E-state index is 11.6. The van der Waals surface area contributed by atoms with Gasteiger partial charge in [-0.15, -0.1) is 11.3 Å². The smallest absolute Gasteiger partial charge is 0.158 e. The van der Waals surface area contributed by atoms with Gasteiger partial charge in [-0.1, -0.05) is 18.2 Å². The zero-order valence-corrected chi connectivity index (χ0v) is 9.54. The number of hydrogen-bond donors (Lipinski definition) is 1. The molecule has 0 unspecified atom stereocenters. The minimum Gasteiger partial charge on any atom is -0.378 e. The van der Waals surface area contributed by atoms with Crippen molar-refractivity contribution < 1.29 is 4.79 Å². The Bertz CT molecular complexity index is 439. The molecule has 0 aliphatic heterocycles. The molecule has 0 saturated heterocycles. The van der Waals surface area contributed by atoms with Crippen molar-refractivity contribution in [2.75, 3.05) is 11.9 Å². The molecule has 1 heterocycles. The van der Waals surface area contributed by atoms with Gasteiger partial charge >= 0.3 is 0 Å². The Hall–Kier alpha value is -1.68. The highest BCUT2D eigenvalue weighted by atomic mass is 32.1. The summed E-state index contributed by atoms with van der Waals surface area (Å²) in [7, 11) is 0. The fourth-order valence-corrected chi connectivity index (χ4v) is 1.97. The molecule has 0 atom stereocenters. The van der Waals surface area contributed by atoms with Crippen LogP contribution in [0.15, 0.2) is 41.9 Å². The van der Waals surface area contributed by atoms with E-state index in [-0.39, 0.29) is 5.78 Å². The first-order valence-corrected chi connectivity index (χ1v) is 5.91. The van der Waals surface area contributed by atoms with Crippen LogP contribution in [-0.2, 0) is 11.2 Å². The van der Waals surface area contributed by atoms with Gasteiger partial charge in [-0.2, -0.15) is 0 Å². The zero-order valence-electron chi connectivity index (χ0n) is 8.72. The molecule has 16 heavy (non-hydrogen) atoms. The Morgan fingerprint density at radius 2 is 2.12 bits per heavy atom. The Balaban J connectivity index is 1.80. The summed E-state index contributed by atoms with van der Waals surface area (Å²) in [6.07, 6.45) is 2.13. The normalized spacial score (nSPS) is 10.0. The third-order valence-corrected chi connectivity index (χ3v) is 2.87. The SMILES string of the molecule is O=C(CNc1ccccc1)Cc1nccs1.